The molecule has 1 amide bonds. The lowest BCUT2D eigenvalue weighted by Crippen LogP contribution is -2.31. The number of nitro groups is 1. The van der Waals surface area contributed by atoms with E-state index in [4.69, 9.17) is 4.99 Å². The van der Waals surface area contributed by atoms with Gasteiger partial charge in [0.2, 0.25) is 0 Å². The van der Waals surface area contributed by atoms with Crippen LogP contribution in [0.5, 0.6) is 0 Å². The van der Waals surface area contributed by atoms with Crippen LogP contribution in [0.25, 0.3) is 17.0 Å². The zero-order valence-electron chi connectivity index (χ0n) is 21.2. The summed E-state index contributed by atoms with van der Waals surface area (Å²) in [6, 6.07) is 22.5. The van der Waals surface area contributed by atoms with Crippen molar-refractivity contribution in [2.75, 3.05) is 24.5 Å². The van der Waals surface area contributed by atoms with E-state index < -0.39 is 4.92 Å². The average molecular weight is 538 g/mol. The highest BCUT2D eigenvalue weighted by molar-refractivity contribution is 8.18. The van der Waals surface area contributed by atoms with Gasteiger partial charge in [-0.2, -0.15) is 0 Å². The largest absolute Gasteiger partial charge is 0.372 e. The molecule has 2 fully saturated rings. The topological polar surface area (TPSA) is 94.8 Å². The molecule has 0 spiro atoms. The first-order valence-electron chi connectivity index (χ1n) is 13.0. The van der Waals surface area contributed by atoms with Crippen LogP contribution in [0.2, 0.25) is 0 Å². The number of hydrogen-bond donors (Lipinski definition) is 1. The first kappa shape index (κ1) is 24.9. The van der Waals surface area contributed by atoms with Crippen molar-refractivity contribution in [2.24, 2.45) is 4.99 Å². The highest BCUT2D eigenvalue weighted by Crippen LogP contribution is 2.35. The van der Waals surface area contributed by atoms with Gasteiger partial charge in [0.05, 0.1) is 15.5 Å². The van der Waals surface area contributed by atoms with Gasteiger partial charge in [0, 0.05) is 54.6 Å². The number of rotatable bonds is 7. The number of nitrogens with one attached hydrogen (secondary N) is 1. The number of non-ortho nitro benzene ring substituents is 1. The molecule has 3 heterocycles. The van der Waals surface area contributed by atoms with Gasteiger partial charge in [0.1, 0.15) is 0 Å². The van der Waals surface area contributed by atoms with Crippen molar-refractivity contribution in [1.29, 1.82) is 0 Å². The number of nitrogens with zero attached hydrogens (tertiary/aromatic N) is 4. The molecule has 39 heavy (non-hydrogen) atoms. The number of benzene rings is 3. The Kier molecular flexibility index (Phi) is 6.89. The lowest BCUT2D eigenvalue weighted by atomic mass is 10.1. The summed E-state index contributed by atoms with van der Waals surface area (Å²) >= 11 is 1.33. The zero-order chi connectivity index (χ0) is 26.8. The van der Waals surface area contributed by atoms with E-state index in [0.29, 0.717) is 28.7 Å². The smallest absolute Gasteiger partial charge is 0.269 e. The minimum absolute atomic E-state index is 0.00301. The third kappa shape index (κ3) is 5.31. The molecule has 2 aliphatic heterocycles. The molecule has 6 rings (SSSR count). The number of aromatic nitrogens is 1. The fourth-order valence-electron chi connectivity index (χ4n) is 5.03. The molecule has 8 nitrogen and oxygen atoms in total. The van der Waals surface area contributed by atoms with Gasteiger partial charge >= 0.3 is 0 Å². The predicted molar refractivity (Wildman–Crippen MR) is 157 cm³/mol. The maximum absolute atomic E-state index is 13.6. The molecule has 0 unspecified atom stereocenters. The molecule has 4 aromatic rings. The van der Waals surface area contributed by atoms with Gasteiger partial charge in [-0.3, -0.25) is 19.8 Å². The fourth-order valence-corrected chi connectivity index (χ4v) is 6.05. The molecule has 0 saturated carbocycles. The maximum Gasteiger partial charge on any atom is 0.269 e. The van der Waals surface area contributed by atoms with Crippen molar-refractivity contribution in [3.8, 4) is 0 Å². The lowest BCUT2D eigenvalue weighted by Gasteiger charge is -2.17. The second-order valence-corrected chi connectivity index (χ2v) is 10.6. The van der Waals surface area contributed by atoms with Crippen LogP contribution in [0.3, 0.4) is 0 Å². The molecule has 1 aromatic heterocycles. The number of carbonyl (C=O) groups is 1. The first-order chi connectivity index (χ1) is 19.0. The Bertz CT molecular complexity index is 1590. The van der Waals surface area contributed by atoms with Crippen LogP contribution >= 0.6 is 11.8 Å². The van der Waals surface area contributed by atoms with E-state index in [2.05, 4.69) is 40.2 Å². The maximum atomic E-state index is 13.6. The molecular weight excluding hydrogens is 510 g/mol. The Morgan fingerprint density at radius 1 is 1.00 bits per heavy atom. The number of carbonyl (C=O) groups excluding carboxylic acids is 1. The van der Waals surface area contributed by atoms with Gasteiger partial charge in [-0.05, 0) is 78.6 Å². The van der Waals surface area contributed by atoms with E-state index in [1.54, 1.807) is 17.0 Å². The van der Waals surface area contributed by atoms with Crippen LogP contribution in [0.4, 0.5) is 17.1 Å². The number of nitro benzene ring substituents is 1. The van der Waals surface area contributed by atoms with E-state index in [1.807, 2.05) is 30.5 Å². The molecule has 0 aliphatic carbocycles. The van der Waals surface area contributed by atoms with E-state index in [-0.39, 0.29) is 11.6 Å². The number of hydrogen-bond acceptors (Lipinski definition) is 6. The van der Waals surface area contributed by atoms with E-state index in [0.717, 1.165) is 35.1 Å². The molecule has 3 aromatic carbocycles. The third-order valence-corrected chi connectivity index (χ3v) is 8.12. The van der Waals surface area contributed by atoms with Gasteiger partial charge < -0.3 is 9.88 Å². The fraction of sp³-hybridized carbons (Fsp3) is 0.200. The Hall–Kier alpha value is -4.37. The van der Waals surface area contributed by atoms with Gasteiger partial charge in [-0.25, -0.2) is 4.99 Å². The normalized spacial score (nSPS) is 17.7. The summed E-state index contributed by atoms with van der Waals surface area (Å²) in [4.78, 5) is 36.9. The number of para-hydroxylation sites is 1. The molecular formula is C30H27N5O3S. The van der Waals surface area contributed by atoms with Crippen molar-refractivity contribution < 1.29 is 9.72 Å². The number of aliphatic imine (C=N–C) groups is 1. The summed E-state index contributed by atoms with van der Waals surface area (Å²) < 4.78 is 0. The number of thioether (sulfide) groups is 1. The minimum atomic E-state index is -0.436. The van der Waals surface area contributed by atoms with Crippen LogP contribution < -0.4 is 4.90 Å². The van der Waals surface area contributed by atoms with Gasteiger partial charge in [-0.15, -0.1) is 0 Å². The molecule has 2 saturated heterocycles. The second-order valence-electron chi connectivity index (χ2n) is 9.63. The van der Waals surface area contributed by atoms with Crippen LogP contribution in [-0.4, -0.2) is 45.5 Å². The standard InChI is InChI=1S/C30H27N5O3S/c36-29-28(19-21-7-11-24(12-8-21)33-16-3-4-17-33)39-30(32-23-9-13-25(14-10-23)35(37)38)34(29)18-15-22-20-31-27-6-2-1-5-26(22)27/h1-2,5-14,19-20,31H,3-4,15-18H2/b28-19-,32-30?. The van der Waals surface area contributed by atoms with Crippen LogP contribution in [-0.2, 0) is 11.2 Å². The number of amides is 1. The number of anilines is 1. The number of aromatic amines is 1. The van der Waals surface area contributed by atoms with Crippen molar-refractivity contribution in [3.63, 3.8) is 0 Å². The molecule has 2 aliphatic rings. The summed E-state index contributed by atoms with van der Waals surface area (Å²) in [5.74, 6) is -0.0934. The Morgan fingerprint density at radius 2 is 1.74 bits per heavy atom. The van der Waals surface area contributed by atoms with Crippen molar-refractivity contribution in [1.82, 2.24) is 9.88 Å². The number of amidine groups is 1. The number of H-pyrrole nitrogens is 1. The van der Waals surface area contributed by atoms with Crippen molar-refractivity contribution >= 4 is 56.9 Å². The molecule has 0 atom stereocenters. The van der Waals surface area contributed by atoms with Crippen LogP contribution in [0.15, 0.2) is 88.9 Å². The van der Waals surface area contributed by atoms with Crippen LogP contribution in [0, 0.1) is 10.1 Å². The van der Waals surface area contributed by atoms with Crippen molar-refractivity contribution in [2.45, 2.75) is 19.3 Å². The molecule has 0 radical (unpaired) electrons. The summed E-state index contributed by atoms with van der Waals surface area (Å²) in [7, 11) is 0. The quantitative estimate of drug-likeness (QED) is 0.164. The van der Waals surface area contributed by atoms with E-state index >= 15 is 0 Å². The monoisotopic (exact) mass is 537 g/mol. The Balaban J connectivity index is 1.27. The lowest BCUT2D eigenvalue weighted by molar-refractivity contribution is -0.384. The highest BCUT2D eigenvalue weighted by Gasteiger charge is 2.33. The third-order valence-electron chi connectivity index (χ3n) is 7.12. The summed E-state index contributed by atoms with van der Waals surface area (Å²) in [5.41, 5.74) is 4.93. The van der Waals surface area contributed by atoms with Gasteiger partial charge in [0.15, 0.2) is 5.17 Å². The predicted octanol–water partition coefficient (Wildman–Crippen LogP) is 6.52. The molecule has 196 valence electrons. The molecule has 9 heteroatoms. The Labute approximate surface area is 230 Å². The Morgan fingerprint density at radius 3 is 2.49 bits per heavy atom. The molecule has 1 N–H and O–H groups in total. The number of fused-ring (bicyclic) bond motifs is 1. The average Bonchev–Trinajstić information content (AvgIpc) is 3.69. The second kappa shape index (κ2) is 10.8. The van der Waals surface area contributed by atoms with Gasteiger partial charge in [-0.1, -0.05) is 30.3 Å². The van der Waals surface area contributed by atoms with Crippen LogP contribution in [0.1, 0.15) is 24.0 Å². The summed E-state index contributed by atoms with van der Waals surface area (Å²) in [6.07, 6.45) is 7.01. The summed E-state index contributed by atoms with van der Waals surface area (Å²) in [5, 5.41) is 12.8. The first-order valence-corrected chi connectivity index (χ1v) is 13.8. The van der Waals surface area contributed by atoms with E-state index in [9.17, 15) is 14.9 Å². The zero-order valence-corrected chi connectivity index (χ0v) is 22.1. The highest BCUT2D eigenvalue weighted by atomic mass is 32.2. The van der Waals surface area contributed by atoms with Crippen molar-refractivity contribution in [3.05, 3.63) is 105 Å². The van der Waals surface area contributed by atoms with E-state index in [1.165, 1.54) is 42.4 Å². The minimum Gasteiger partial charge on any atom is -0.372 e. The molecule has 0 bridgehead atoms. The SMILES string of the molecule is O=C1/C(=C/c2ccc(N3CCCC3)cc2)SC(=Nc2ccc([N+](=O)[O-])cc2)N1CCc1c[nH]c2ccccc12. The summed E-state index contributed by atoms with van der Waals surface area (Å²) in [6.45, 7) is 2.63. The van der Waals surface area contributed by atoms with Gasteiger partial charge in [0.25, 0.3) is 11.6 Å².